The Hall–Kier alpha value is -2.66. The Balaban J connectivity index is 1.40. The smallest absolute Gasteiger partial charge is 0.318 e. The van der Waals surface area contributed by atoms with E-state index in [0.717, 1.165) is 12.0 Å². The zero-order chi connectivity index (χ0) is 25.4. The molecule has 2 atom stereocenters. The van der Waals surface area contributed by atoms with Crippen molar-refractivity contribution in [2.24, 2.45) is 0 Å². The van der Waals surface area contributed by atoms with Crippen molar-refractivity contribution in [2.75, 3.05) is 12.3 Å². The summed E-state index contributed by atoms with van der Waals surface area (Å²) in [5, 5.41) is 22.4. The molecule has 3 aromatic rings. The van der Waals surface area contributed by atoms with E-state index in [9.17, 15) is 18.3 Å². The fourth-order valence-corrected chi connectivity index (χ4v) is 6.84. The topological polar surface area (TPSA) is 117 Å². The van der Waals surface area contributed by atoms with Gasteiger partial charge in [-0.15, -0.1) is 10.2 Å². The van der Waals surface area contributed by atoms with Gasteiger partial charge >= 0.3 is 6.03 Å². The number of nitrogens with one attached hydrogen (secondary N) is 1. The van der Waals surface area contributed by atoms with Crippen molar-refractivity contribution in [3.05, 3.63) is 75.3 Å². The van der Waals surface area contributed by atoms with Gasteiger partial charge in [-0.1, -0.05) is 35.3 Å². The molecule has 2 amide bonds. The van der Waals surface area contributed by atoms with Crippen molar-refractivity contribution in [1.82, 2.24) is 25.0 Å². The number of nitrogens with zero attached hydrogens (tertiary/aromatic N) is 4. The van der Waals surface area contributed by atoms with Crippen LogP contribution in [0.25, 0.3) is 0 Å². The zero-order valence-electron chi connectivity index (χ0n) is 19.3. The number of sulfone groups is 1. The molecule has 0 bridgehead atoms. The van der Waals surface area contributed by atoms with Gasteiger partial charge < -0.3 is 19.9 Å². The molecule has 2 aromatic carbocycles. The predicted octanol–water partition coefficient (Wildman–Crippen LogP) is 3.89. The molecule has 0 spiro atoms. The molecule has 0 saturated carbocycles. The van der Waals surface area contributed by atoms with Gasteiger partial charge in [0.25, 0.3) is 0 Å². The molecule has 2 aliphatic heterocycles. The summed E-state index contributed by atoms with van der Waals surface area (Å²) >= 11 is 12.2. The van der Waals surface area contributed by atoms with Gasteiger partial charge in [0.1, 0.15) is 6.61 Å². The highest BCUT2D eigenvalue weighted by Crippen LogP contribution is 2.36. The molecule has 0 radical (unpaired) electrons. The molecule has 0 aliphatic carbocycles. The molecule has 12 heteroatoms. The Kier molecular flexibility index (Phi) is 6.95. The first-order valence-corrected chi connectivity index (χ1v) is 14.0. The second-order valence-corrected chi connectivity index (χ2v) is 11.9. The van der Waals surface area contributed by atoms with E-state index in [2.05, 4.69) is 15.5 Å². The van der Waals surface area contributed by atoms with Crippen LogP contribution in [-0.4, -0.2) is 51.5 Å². The van der Waals surface area contributed by atoms with E-state index in [1.165, 1.54) is 6.07 Å². The van der Waals surface area contributed by atoms with Crippen LogP contribution in [0.1, 0.15) is 54.1 Å². The summed E-state index contributed by atoms with van der Waals surface area (Å²) in [7, 11) is -3.42. The second-order valence-electron chi connectivity index (χ2n) is 8.99. The number of halogens is 2. The highest BCUT2D eigenvalue weighted by molar-refractivity contribution is 7.91. The van der Waals surface area contributed by atoms with Crippen molar-refractivity contribution in [3.63, 3.8) is 0 Å². The zero-order valence-corrected chi connectivity index (χ0v) is 21.6. The maximum absolute atomic E-state index is 13.4. The number of carbonyl (C=O) groups is 1. The number of aliphatic hydroxyl groups is 1. The third kappa shape index (κ3) is 4.82. The standard InChI is InChI=1S/C24H25Cl2N5O4S/c25-16-5-3-15(4-6-16)13-31-22(14-32)28-29-23(31)20-2-1-10-30(20)24(33)27-19-9-11-36(34,35)21-8-7-17(26)12-18(19)21/h3-8,12,19-20,32H,1-2,9-11,13-14H2,(H,27,33)/t19-,20-/m1/s1. The number of hydrogen-bond acceptors (Lipinski definition) is 6. The van der Waals surface area contributed by atoms with Crippen molar-refractivity contribution in [1.29, 1.82) is 0 Å². The number of benzene rings is 2. The van der Waals surface area contributed by atoms with Crippen LogP contribution in [0.4, 0.5) is 4.79 Å². The summed E-state index contributed by atoms with van der Waals surface area (Å²) in [4.78, 5) is 15.4. The largest absolute Gasteiger partial charge is 0.388 e. The number of likely N-dealkylation sites (tertiary alicyclic amines) is 1. The fourth-order valence-electron chi connectivity index (χ4n) is 4.93. The fraction of sp³-hybridized carbons (Fsp3) is 0.375. The number of hydrogen-bond donors (Lipinski definition) is 2. The van der Waals surface area contributed by atoms with E-state index in [1.807, 2.05) is 16.7 Å². The average Bonchev–Trinajstić information content (AvgIpc) is 3.49. The maximum atomic E-state index is 13.4. The van der Waals surface area contributed by atoms with Gasteiger partial charge in [-0.25, -0.2) is 13.2 Å². The Morgan fingerprint density at radius 3 is 2.58 bits per heavy atom. The lowest BCUT2D eigenvalue weighted by Gasteiger charge is -2.30. The first kappa shape index (κ1) is 25.0. The number of urea groups is 1. The summed E-state index contributed by atoms with van der Waals surface area (Å²) < 4.78 is 26.9. The highest BCUT2D eigenvalue weighted by atomic mass is 35.5. The second kappa shape index (κ2) is 10.0. The summed E-state index contributed by atoms with van der Waals surface area (Å²) in [6.07, 6.45) is 1.74. The van der Waals surface area contributed by atoms with Gasteiger partial charge in [-0.05, 0) is 60.7 Å². The molecule has 190 valence electrons. The third-order valence-corrected chi connectivity index (χ3v) is 9.02. The molecule has 1 fully saturated rings. The maximum Gasteiger partial charge on any atom is 0.318 e. The van der Waals surface area contributed by atoms with Crippen LogP contribution in [0.5, 0.6) is 0 Å². The summed E-state index contributed by atoms with van der Waals surface area (Å²) in [6.45, 7) is 0.660. The van der Waals surface area contributed by atoms with Gasteiger partial charge in [0, 0.05) is 16.6 Å². The predicted molar refractivity (Wildman–Crippen MR) is 135 cm³/mol. The molecule has 1 aromatic heterocycles. The molecule has 3 heterocycles. The number of aliphatic hydroxyl groups excluding tert-OH is 1. The minimum absolute atomic E-state index is 0.0503. The summed E-state index contributed by atoms with van der Waals surface area (Å²) in [5.41, 5.74) is 1.47. The van der Waals surface area contributed by atoms with Crippen molar-refractivity contribution in [2.45, 2.75) is 49.4 Å². The van der Waals surface area contributed by atoms with E-state index in [1.54, 1.807) is 29.2 Å². The van der Waals surface area contributed by atoms with Gasteiger partial charge in [0.2, 0.25) is 0 Å². The summed E-state index contributed by atoms with van der Waals surface area (Å²) in [5.74, 6) is 0.954. The van der Waals surface area contributed by atoms with Crippen LogP contribution in [0.3, 0.4) is 0 Å². The number of fused-ring (bicyclic) bond motifs is 1. The third-order valence-electron chi connectivity index (χ3n) is 6.72. The Morgan fingerprint density at radius 2 is 1.83 bits per heavy atom. The lowest BCUT2D eigenvalue weighted by atomic mass is 10.0. The molecule has 36 heavy (non-hydrogen) atoms. The van der Waals surface area contributed by atoms with E-state index in [-0.39, 0.29) is 35.7 Å². The normalized spacial score (nSPS) is 20.8. The van der Waals surface area contributed by atoms with E-state index in [4.69, 9.17) is 23.2 Å². The van der Waals surface area contributed by atoms with Gasteiger partial charge in [-0.2, -0.15) is 0 Å². The summed E-state index contributed by atoms with van der Waals surface area (Å²) in [6, 6.07) is 10.9. The van der Waals surface area contributed by atoms with Crippen LogP contribution in [0, 0.1) is 0 Å². The first-order chi connectivity index (χ1) is 17.3. The molecule has 9 nitrogen and oxygen atoms in total. The lowest BCUT2D eigenvalue weighted by molar-refractivity contribution is 0.185. The average molecular weight is 550 g/mol. The van der Waals surface area contributed by atoms with Crippen LogP contribution in [0.2, 0.25) is 10.0 Å². The molecule has 0 unspecified atom stereocenters. The van der Waals surface area contributed by atoms with Crippen LogP contribution >= 0.6 is 23.2 Å². The molecule has 5 rings (SSSR count). The minimum atomic E-state index is -3.42. The van der Waals surface area contributed by atoms with Crippen molar-refractivity contribution >= 4 is 39.1 Å². The number of carbonyl (C=O) groups excluding carboxylic acids is 1. The quantitative estimate of drug-likeness (QED) is 0.498. The number of rotatable bonds is 5. The van der Waals surface area contributed by atoms with Gasteiger partial charge in [0.05, 0.1) is 29.3 Å². The van der Waals surface area contributed by atoms with E-state index < -0.39 is 15.9 Å². The van der Waals surface area contributed by atoms with E-state index >= 15 is 0 Å². The molecule has 2 aliphatic rings. The van der Waals surface area contributed by atoms with E-state index in [0.29, 0.717) is 46.8 Å². The molecule has 2 N–H and O–H groups in total. The van der Waals surface area contributed by atoms with Crippen LogP contribution in [0.15, 0.2) is 47.4 Å². The molecular weight excluding hydrogens is 525 g/mol. The number of aromatic nitrogens is 3. The van der Waals surface area contributed by atoms with Crippen LogP contribution in [-0.2, 0) is 23.0 Å². The first-order valence-electron chi connectivity index (χ1n) is 11.6. The lowest BCUT2D eigenvalue weighted by Crippen LogP contribution is -2.43. The van der Waals surface area contributed by atoms with Crippen LogP contribution < -0.4 is 5.32 Å². The van der Waals surface area contributed by atoms with Gasteiger partial charge in [0.15, 0.2) is 21.5 Å². The Morgan fingerprint density at radius 1 is 1.08 bits per heavy atom. The highest BCUT2D eigenvalue weighted by Gasteiger charge is 2.37. The SMILES string of the molecule is O=C(N[C@@H]1CCS(=O)(=O)c2ccc(Cl)cc21)N1CCC[C@@H]1c1nnc(CO)n1Cc1ccc(Cl)cc1. The molecular formula is C24H25Cl2N5O4S. The number of amides is 2. The van der Waals surface area contributed by atoms with Gasteiger partial charge in [-0.3, -0.25) is 0 Å². The van der Waals surface area contributed by atoms with Crippen molar-refractivity contribution in [3.8, 4) is 0 Å². The minimum Gasteiger partial charge on any atom is -0.388 e. The van der Waals surface area contributed by atoms with Crippen molar-refractivity contribution < 1.29 is 18.3 Å². The Bertz CT molecular complexity index is 1390. The molecule has 1 saturated heterocycles. The monoisotopic (exact) mass is 549 g/mol. The Labute approximate surface area is 219 Å².